The zero-order chi connectivity index (χ0) is 22.2. The molecule has 0 saturated carbocycles. The number of nitrogens with zero attached hydrogens (tertiary/aromatic N) is 1. The van der Waals surface area contributed by atoms with E-state index < -0.39 is 0 Å². The lowest BCUT2D eigenvalue weighted by molar-refractivity contribution is -0.110. The van der Waals surface area contributed by atoms with E-state index in [-0.39, 0.29) is 5.91 Å². The van der Waals surface area contributed by atoms with Gasteiger partial charge in [0.1, 0.15) is 11.5 Å². The molecule has 0 unspecified atom stereocenters. The van der Waals surface area contributed by atoms with Crippen LogP contribution in [0.25, 0.3) is 22.8 Å². The van der Waals surface area contributed by atoms with Crippen LogP contribution in [0.4, 0.5) is 5.69 Å². The van der Waals surface area contributed by atoms with Gasteiger partial charge in [0.25, 0.3) is 5.91 Å². The van der Waals surface area contributed by atoms with Crippen LogP contribution >= 0.6 is 0 Å². The molecule has 3 heterocycles. The van der Waals surface area contributed by atoms with Crippen LogP contribution in [0.1, 0.15) is 53.9 Å². The Morgan fingerprint density at radius 1 is 0.970 bits per heavy atom. The van der Waals surface area contributed by atoms with Crippen LogP contribution in [0, 0.1) is 0 Å². The maximum Gasteiger partial charge on any atom is 0.256 e. The predicted octanol–water partition coefficient (Wildman–Crippen LogP) is 5.96. The van der Waals surface area contributed by atoms with Crippen LogP contribution in [0.3, 0.4) is 0 Å². The molecule has 6 rings (SSSR count). The minimum Gasteiger partial charge on any atom is -0.461 e. The van der Waals surface area contributed by atoms with Gasteiger partial charge in [-0.3, -0.25) is 4.79 Å². The van der Waals surface area contributed by atoms with E-state index in [0.29, 0.717) is 5.57 Å². The van der Waals surface area contributed by atoms with Gasteiger partial charge in [-0.1, -0.05) is 36.4 Å². The maximum absolute atomic E-state index is 13.0. The van der Waals surface area contributed by atoms with Gasteiger partial charge < -0.3 is 14.6 Å². The first-order chi connectivity index (χ1) is 16.3. The third-order valence-electron chi connectivity index (χ3n) is 7.32. The third kappa shape index (κ3) is 3.93. The van der Waals surface area contributed by atoms with Crippen molar-refractivity contribution in [3.8, 4) is 11.1 Å². The quantitative estimate of drug-likeness (QED) is 0.500. The van der Waals surface area contributed by atoms with Gasteiger partial charge in [0, 0.05) is 35.3 Å². The number of rotatable bonds is 5. The van der Waals surface area contributed by atoms with E-state index in [2.05, 4.69) is 52.7 Å². The number of nitrogens with one attached hydrogen (secondary N) is 1. The van der Waals surface area contributed by atoms with E-state index in [4.69, 9.17) is 4.42 Å². The molecular formula is C29H30N2O2. The van der Waals surface area contributed by atoms with Crippen LogP contribution in [-0.4, -0.2) is 30.4 Å². The van der Waals surface area contributed by atoms with Gasteiger partial charge in [-0.2, -0.15) is 0 Å². The highest BCUT2D eigenvalue weighted by atomic mass is 16.3. The fourth-order valence-corrected chi connectivity index (χ4v) is 5.57. The van der Waals surface area contributed by atoms with Crippen LogP contribution < -0.4 is 5.32 Å². The van der Waals surface area contributed by atoms with E-state index in [1.54, 1.807) is 0 Å². The van der Waals surface area contributed by atoms with Crippen molar-refractivity contribution < 1.29 is 9.21 Å². The van der Waals surface area contributed by atoms with Crippen molar-refractivity contribution in [3.63, 3.8) is 0 Å². The fourth-order valence-electron chi connectivity index (χ4n) is 5.57. The molecule has 0 atom stereocenters. The Labute approximate surface area is 195 Å². The molecule has 1 aliphatic carbocycles. The standard InChI is InChI=1S/C29H30N2O2/c32-29-24(23-18-20(12-13-25(23)30-29)14-17-31-15-6-7-16-31)19-27-28(21-8-2-1-3-9-21)22-10-4-5-11-26(22)33-27/h1-3,8-9,12-13,18-19H,4-7,10-11,14-17H2,(H,30,32). The first-order valence-corrected chi connectivity index (χ1v) is 12.3. The number of aryl methyl sites for hydroxylation is 1. The molecule has 33 heavy (non-hydrogen) atoms. The molecule has 4 heteroatoms. The molecule has 168 valence electrons. The minimum absolute atomic E-state index is 0.0462. The number of hydrogen-bond donors (Lipinski definition) is 1. The largest absolute Gasteiger partial charge is 0.461 e. The Balaban J connectivity index is 1.38. The lowest BCUT2D eigenvalue weighted by Gasteiger charge is -2.14. The number of benzene rings is 2. The van der Waals surface area contributed by atoms with E-state index in [1.807, 2.05) is 12.1 Å². The van der Waals surface area contributed by atoms with Crippen LogP contribution in [-0.2, 0) is 24.1 Å². The summed E-state index contributed by atoms with van der Waals surface area (Å²) in [6, 6.07) is 16.9. The number of fused-ring (bicyclic) bond motifs is 2. The fraction of sp³-hybridized carbons (Fsp3) is 0.345. The van der Waals surface area contributed by atoms with Crippen molar-refractivity contribution in [2.24, 2.45) is 0 Å². The van der Waals surface area contributed by atoms with Crippen molar-refractivity contribution >= 4 is 23.2 Å². The molecule has 2 aliphatic heterocycles. The number of anilines is 1. The summed E-state index contributed by atoms with van der Waals surface area (Å²) in [5.74, 6) is 1.86. The van der Waals surface area contributed by atoms with E-state index in [1.165, 1.54) is 43.5 Å². The minimum atomic E-state index is -0.0462. The molecule has 3 aliphatic rings. The molecule has 4 nitrogen and oxygen atoms in total. The topological polar surface area (TPSA) is 45.5 Å². The Morgan fingerprint density at radius 3 is 2.64 bits per heavy atom. The van der Waals surface area contributed by atoms with Gasteiger partial charge in [0.05, 0.1) is 5.57 Å². The molecule has 0 radical (unpaired) electrons. The van der Waals surface area contributed by atoms with Gasteiger partial charge in [-0.25, -0.2) is 0 Å². The second-order valence-corrected chi connectivity index (χ2v) is 9.51. The molecule has 2 aromatic carbocycles. The average Bonchev–Trinajstić information content (AvgIpc) is 3.56. The number of hydrogen-bond acceptors (Lipinski definition) is 3. The molecule has 1 N–H and O–H groups in total. The van der Waals surface area contributed by atoms with Crippen molar-refractivity contribution in [3.05, 3.63) is 76.7 Å². The third-order valence-corrected chi connectivity index (χ3v) is 7.32. The molecule has 0 bridgehead atoms. The average molecular weight is 439 g/mol. The zero-order valence-corrected chi connectivity index (χ0v) is 19.0. The number of amides is 1. The van der Waals surface area contributed by atoms with Gasteiger partial charge in [-0.15, -0.1) is 0 Å². The summed E-state index contributed by atoms with van der Waals surface area (Å²) < 4.78 is 6.40. The van der Waals surface area contributed by atoms with Gasteiger partial charge in [0.2, 0.25) is 0 Å². The lowest BCUT2D eigenvalue weighted by atomic mass is 9.91. The highest BCUT2D eigenvalue weighted by Crippen LogP contribution is 2.41. The summed E-state index contributed by atoms with van der Waals surface area (Å²) in [5.41, 5.74) is 7.51. The summed E-state index contributed by atoms with van der Waals surface area (Å²) in [7, 11) is 0. The summed E-state index contributed by atoms with van der Waals surface area (Å²) in [6.07, 6.45) is 9.97. The second kappa shape index (κ2) is 8.68. The molecule has 0 spiro atoms. The van der Waals surface area contributed by atoms with Crippen LogP contribution in [0.2, 0.25) is 0 Å². The number of carbonyl (C=O) groups excluding carboxylic acids is 1. The number of furan rings is 1. The van der Waals surface area contributed by atoms with Crippen molar-refractivity contribution in [2.75, 3.05) is 25.0 Å². The summed E-state index contributed by atoms with van der Waals surface area (Å²) in [6.45, 7) is 3.51. The Hall–Kier alpha value is -3.11. The Kier molecular flexibility index (Phi) is 5.39. The van der Waals surface area contributed by atoms with Crippen molar-refractivity contribution in [2.45, 2.75) is 44.9 Å². The normalized spacial score (nSPS) is 19.0. The van der Waals surface area contributed by atoms with Crippen LogP contribution in [0.15, 0.2) is 52.9 Å². The monoisotopic (exact) mass is 438 g/mol. The van der Waals surface area contributed by atoms with Crippen LogP contribution in [0.5, 0.6) is 0 Å². The molecule has 1 aromatic heterocycles. The number of carbonyl (C=O) groups is 1. The van der Waals surface area contributed by atoms with E-state index >= 15 is 0 Å². The predicted molar refractivity (Wildman–Crippen MR) is 133 cm³/mol. The zero-order valence-electron chi connectivity index (χ0n) is 19.0. The lowest BCUT2D eigenvalue weighted by Crippen LogP contribution is -2.21. The summed E-state index contributed by atoms with van der Waals surface area (Å²) in [4.78, 5) is 15.5. The molecule has 1 fully saturated rings. The SMILES string of the molecule is O=C1Nc2ccc(CCN3CCCC3)cc2C1=Cc1oc2c(c1-c1ccccc1)CCCC2. The Bertz CT molecular complexity index is 1220. The van der Waals surface area contributed by atoms with Gasteiger partial charge >= 0.3 is 0 Å². The maximum atomic E-state index is 13.0. The molecule has 3 aromatic rings. The highest BCUT2D eigenvalue weighted by Gasteiger charge is 2.28. The van der Waals surface area contributed by atoms with E-state index in [9.17, 15) is 4.79 Å². The first-order valence-electron chi connectivity index (χ1n) is 12.3. The van der Waals surface area contributed by atoms with Gasteiger partial charge in [0.15, 0.2) is 0 Å². The first kappa shape index (κ1) is 20.5. The number of likely N-dealkylation sites (tertiary alicyclic amines) is 1. The van der Waals surface area contributed by atoms with Crippen molar-refractivity contribution in [1.82, 2.24) is 4.90 Å². The summed E-state index contributed by atoms with van der Waals surface area (Å²) in [5, 5.41) is 3.05. The molecule has 1 amide bonds. The molecular weight excluding hydrogens is 408 g/mol. The van der Waals surface area contributed by atoms with Crippen molar-refractivity contribution in [1.29, 1.82) is 0 Å². The summed E-state index contributed by atoms with van der Waals surface area (Å²) >= 11 is 0. The van der Waals surface area contributed by atoms with Gasteiger partial charge in [-0.05, 0) is 81.0 Å². The Morgan fingerprint density at radius 2 is 1.79 bits per heavy atom. The highest BCUT2D eigenvalue weighted by molar-refractivity contribution is 6.35. The smallest absolute Gasteiger partial charge is 0.256 e. The molecule has 1 saturated heterocycles. The van der Waals surface area contributed by atoms with E-state index in [0.717, 1.165) is 66.1 Å². The second-order valence-electron chi connectivity index (χ2n) is 9.51.